The summed E-state index contributed by atoms with van der Waals surface area (Å²) in [7, 11) is 0. The Bertz CT molecular complexity index is 801. The first-order chi connectivity index (χ1) is 11.7. The smallest absolute Gasteiger partial charge is 0.306 e. The number of ether oxygens (including phenoxy) is 1. The lowest BCUT2D eigenvalue weighted by Crippen LogP contribution is -2.06. The molecule has 3 aromatic rings. The highest BCUT2D eigenvalue weighted by molar-refractivity contribution is 9.10. The van der Waals surface area contributed by atoms with Gasteiger partial charge in [-0.25, -0.2) is 0 Å². The molecule has 24 heavy (non-hydrogen) atoms. The van der Waals surface area contributed by atoms with E-state index >= 15 is 0 Å². The van der Waals surface area contributed by atoms with Gasteiger partial charge in [0, 0.05) is 16.5 Å². The zero-order valence-electron chi connectivity index (χ0n) is 12.8. The van der Waals surface area contributed by atoms with Crippen LogP contribution in [0.5, 0.6) is 0 Å². The van der Waals surface area contributed by atoms with Gasteiger partial charge in [-0.2, -0.15) is 0 Å². The summed E-state index contributed by atoms with van der Waals surface area (Å²) in [6.45, 7) is -0.0167. The van der Waals surface area contributed by atoms with Crippen LogP contribution < -0.4 is 0 Å². The number of esters is 1. The van der Waals surface area contributed by atoms with Gasteiger partial charge in [0.25, 0.3) is 5.89 Å². The molecule has 0 aliphatic rings. The highest BCUT2D eigenvalue weighted by Gasteiger charge is 2.11. The third kappa shape index (κ3) is 4.52. The van der Waals surface area contributed by atoms with Gasteiger partial charge in [-0.1, -0.05) is 46.3 Å². The molecule has 0 unspecified atom stereocenters. The molecule has 0 spiro atoms. The molecule has 0 N–H and O–H groups in total. The number of halogens is 1. The lowest BCUT2D eigenvalue weighted by molar-refractivity contribution is -0.145. The molecule has 1 heterocycles. The lowest BCUT2D eigenvalue weighted by Gasteiger charge is -2.02. The van der Waals surface area contributed by atoms with E-state index in [4.69, 9.17) is 9.15 Å². The predicted molar refractivity (Wildman–Crippen MR) is 92.0 cm³/mol. The Morgan fingerprint density at radius 1 is 1.04 bits per heavy atom. The molecule has 0 saturated carbocycles. The summed E-state index contributed by atoms with van der Waals surface area (Å²) in [5.74, 6) is 0.390. The predicted octanol–water partition coefficient (Wildman–Crippen LogP) is 4.18. The number of rotatable bonds is 6. The minimum atomic E-state index is -0.290. The fraction of sp³-hybridized carbons (Fsp3) is 0.167. The van der Waals surface area contributed by atoms with Gasteiger partial charge in [-0.15, -0.1) is 10.2 Å². The van der Waals surface area contributed by atoms with Crippen molar-refractivity contribution in [3.63, 3.8) is 0 Å². The topological polar surface area (TPSA) is 65.2 Å². The molecule has 6 heteroatoms. The van der Waals surface area contributed by atoms with E-state index in [9.17, 15) is 4.79 Å². The van der Waals surface area contributed by atoms with Gasteiger partial charge >= 0.3 is 5.97 Å². The number of nitrogens with zero attached hydrogens (tertiary/aromatic N) is 2. The van der Waals surface area contributed by atoms with Crippen molar-refractivity contribution in [2.75, 3.05) is 0 Å². The van der Waals surface area contributed by atoms with Crippen LogP contribution in [-0.4, -0.2) is 16.2 Å². The second-order valence-corrected chi connectivity index (χ2v) is 6.07. The summed E-state index contributed by atoms with van der Waals surface area (Å²) >= 11 is 3.37. The number of aryl methyl sites for hydroxylation is 1. The Hall–Kier alpha value is -2.47. The molecule has 0 amide bonds. The summed E-state index contributed by atoms with van der Waals surface area (Å²) in [5.41, 5.74) is 1.91. The zero-order chi connectivity index (χ0) is 16.8. The van der Waals surface area contributed by atoms with Gasteiger partial charge in [0.1, 0.15) is 0 Å². The monoisotopic (exact) mass is 386 g/mol. The molecular weight excluding hydrogens is 372 g/mol. The van der Waals surface area contributed by atoms with Crippen LogP contribution in [0.4, 0.5) is 0 Å². The van der Waals surface area contributed by atoms with E-state index < -0.39 is 0 Å². The fourth-order valence-electron chi connectivity index (χ4n) is 2.13. The molecule has 122 valence electrons. The molecule has 0 atom stereocenters. The molecule has 1 aromatic heterocycles. The maximum Gasteiger partial charge on any atom is 0.306 e. The van der Waals surface area contributed by atoms with E-state index in [0.29, 0.717) is 18.7 Å². The average Bonchev–Trinajstić information content (AvgIpc) is 3.09. The number of hydrogen-bond donors (Lipinski definition) is 0. The Kier molecular flexibility index (Phi) is 5.38. The van der Waals surface area contributed by atoms with Gasteiger partial charge in [0.05, 0.1) is 0 Å². The molecule has 2 aromatic carbocycles. The molecule has 0 radical (unpaired) electrons. The van der Waals surface area contributed by atoms with Gasteiger partial charge in [-0.3, -0.25) is 4.79 Å². The molecule has 0 aliphatic heterocycles. The van der Waals surface area contributed by atoms with Crippen LogP contribution in [-0.2, 0) is 22.6 Å². The Balaban J connectivity index is 1.50. The Labute approximate surface area is 147 Å². The molecular formula is C18H15BrN2O3. The van der Waals surface area contributed by atoms with Crippen LogP contribution >= 0.6 is 15.9 Å². The second kappa shape index (κ2) is 7.88. The summed E-state index contributed by atoms with van der Waals surface area (Å²) < 4.78 is 11.7. The summed E-state index contributed by atoms with van der Waals surface area (Å²) in [5, 5.41) is 7.86. The van der Waals surface area contributed by atoms with Crippen molar-refractivity contribution in [2.45, 2.75) is 19.4 Å². The van der Waals surface area contributed by atoms with Crippen LogP contribution in [0.1, 0.15) is 17.9 Å². The van der Waals surface area contributed by atoms with Crippen molar-refractivity contribution in [1.82, 2.24) is 10.2 Å². The van der Waals surface area contributed by atoms with Crippen LogP contribution in [0.3, 0.4) is 0 Å². The fourth-order valence-corrected chi connectivity index (χ4v) is 2.39. The highest BCUT2D eigenvalue weighted by atomic mass is 79.9. The molecule has 3 rings (SSSR count). The number of hydrogen-bond acceptors (Lipinski definition) is 5. The van der Waals surface area contributed by atoms with Gasteiger partial charge in [0.15, 0.2) is 6.61 Å². The lowest BCUT2D eigenvalue weighted by atomic mass is 10.1. The molecule has 0 aliphatic carbocycles. The third-order valence-corrected chi connectivity index (χ3v) is 3.90. The first-order valence-corrected chi connectivity index (χ1v) is 8.28. The minimum Gasteiger partial charge on any atom is -0.456 e. The van der Waals surface area contributed by atoms with Crippen molar-refractivity contribution in [3.05, 3.63) is 70.5 Å². The number of carbonyl (C=O) groups is 1. The Morgan fingerprint density at radius 3 is 2.54 bits per heavy atom. The number of aromatic nitrogens is 2. The third-order valence-electron chi connectivity index (χ3n) is 3.38. The van der Waals surface area contributed by atoms with Crippen molar-refractivity contribution in [3.8, 4) is 11.5 Å². The van der Waals surface area contributed by atoms with Gasteiger partial charge in [0.2, 0.25) is 5.89 Å². The minimum absolute atomic E-state index is 0.0167. The summed E-state index contributed by atoms with van der Waals surface area (Å²) in [6.07, 6.45) is 0.964. The standard InChI is InChI=1S/C18H15BrN2O3/c19-15-9-7-14(8-10-15)18-21-20-16(24-18)12-23-17(22)11-6-13-4-2-1-3-5-13/h1-5,7-10H,6,11-12H2. The second-order valence-electron chi connectivity index (χ2n) is 5.15. The van der Waals surface area contributed by atoms with Crippen molar-refractivity contribution < 1.29 is 13.9 Å². The van der Waals surface area contributed by atoms with E-state index in [1.807, 2.05) is 54.6 Å². The summed E-state index contributed by atoms with van der Waals surface area (Å²) in [6, 6.07) is 17.3. The van der Waals surface area contributed by atoms with Crippen molar-refractivity contribution in [2.24, 2.45) is 0 Å². The maximum atomic E-state index is 11.8. The maximum absolute atomic E-state index is 11.8. The van der Waals surface area contributed by atoms with Crippen molar-refractivity contribution in [1.29, 1.82) is 0 Å². The quantitative estimate of drug-likeness (QED) is 0.594. The van der Waals surface area contributed by atoms with E-state index in [0.717, 1.165) is 15.6 Å². The van der Waals surface area contributed by atoms with Crippen LogP contribution in [0.25, 0.3) is 11.5 Å². The molecule has 0 saturated heterocycles. The van der Waals surface area contributed by atoms with E-state index in [2.05, 4.69) is 26.1 Å². The molecule has 0 bridgehead atoms. The van der Waals surface area contributed by atoms with Crippen molar-refractivity contribution >= 4 is 21.9 Å². The highest BCUT2D eigenvalue weighted by Crippen LogP contribution is 2.20. The van der Waals surface area contributed by atoms with Gasteiger partial charge < -0.3 is 9.15 Å². The summed E-state index contributed by atoms with van der Waals surface area (Å²) in [4.78, 5) is 11.8. The van der Waals surface area contributed by atoms with E-state index in [1.54, 1.807) is 0 Å². The first kappa shape index (κ1) is 16.4. The normalized spacial score (nSPS) is 10.5. The van der Waals surface area contributed by atoms with E-state index in [-0.39, 0.29) is 18.5 Å². The van der Waals surface area contributed by atoms with Crippen LogP contribution in [0.15, 0.2) is 63.5 Å². The Morgan fingerprint density at radius 2 is 1.79 bits per heavy atom. The average molecular weight is 387 g/mol. The first-order valence-electron chi connectivity index (χ1n) is 7.48. The molecule has 5 nitrogen and oxygen atoms in total. The van der Waals surface area contributed by atoms with Crippen LogP contribution in [0, 0.1) is 0 Å². The largest absolute Gasteiger partial charge is 0.456 e. The molecule has 0 fully saturated rings. The number of benzene rings is 2. The zero-order valence-corrected chi connectivity index (χ0v) is 14.4. The van der Waals surface area contributed by atoms with E-state index in [1.165, 1.54) is 0 Å². The van der Waals surface area contributed by atoms with Gasteiger partial charge in [-0.05, 0) is 36.2 Å². The SMILES string of the molecule is O=C(CCc1ccccc1)OCc1nnc(-c2ccc(Br)cc2)o1. The number of carbonyl (C=O) groups excluding carboxylic acids is 1. The van der Waals surface area contributed by atoms with Crippen LogP contribution in [0.2, 0.25) is 0 Å².